The topological polar surface area (TPSA) is 134 Å². The fourth-order valence-electron chi connectivity index (χ4n) is 3.16. The van der Waals surface area contributed by atoms with Gasteiger partial charge in [-0.15, -0.1) is 11.3 Å². The number of nitrogens with zero attached hydrogens (tertiary/aromatic N) is 1. The van der Waals surface area contributed by atoms with Gasteiger partial charge in [-0.2, -0.15) is 0 Å². The summed E-state index contributed by atoms with van der Waals surface area (Å²) in [6.07, 6.45) is 2.58. The number of nitrogens with one attached hydrogen (secondary N) is 1. The van der Waals surface area contributed by atoms with E-state index in [1.165, 1.54) is 25.4 Å². The molecule has 1 unspecified atom stereocenters. The van der Waals surface area contributed by atoms with E-state index in [-0.39, 0.29) is 17.1 Å². The predicted octanol–water partition coefficient (Wildman–Crippen LogP) is 2.33. The van der Waals surface area contributed by atoms with Gasteiger partial charge in [0.05, 0.1) is 18.4 Å². The van der Waals surface area contributed by atoms with Crippen LogP contribution in [0.2, 0.25) is 0 Å². The Bertz CT molecular complexity index is 913. The fraction of sp³-hybridized carbons (Fsp3) is 0.444. The second-order valence-corrected chi connectivity index (χ2v) is 7.78. The maximum Gasteiger partial charge on any atom is 0.346 e. The molecule has 9 nitrogen and oxygen atoms in total. The monoisotopic (exact) mass is 407 g/mol. The number of nitrogens with two attached hydrogens (primary N) is 1. The Labute approximate surface area is 165 Å². The Morgan fingerprint density at radius 1 is 1.32 bits per heavy atom. The number of hydrogen-bond donors (Lipinski definition) is 2. The minimum Gasteiger partial charge on any atom is -0.465 e. The Hall–Kier alpha value is -2.88. The molecule has 3 rings (SSSR count). The van der Waals surface area contributed by atoms with Gasteiger partial charge in [0, 0.05) is 4.88 Å². The van der Waals surface area contributed by atoms with Crippen LogP contribution in [0.3, 0.4) is 0 Å². The van der Waals surface area contributed by atoms with E-state index in [1.54, 1.807) is 0 Å². The molecule has 28 heavy (non-hydrogen) atoms. The van der Waals surface area contributed by atoms with Crippen LogP contribution in [0.15, 0.2) is 4.52 Å². The quantitative estimate of drug-likeness (QED) is 0.721. The van der Waals surface area contributed by atoms with Crippen LogP contribution in [0, 0.1) is 12.8 Å². The number of aryl methyl sites for hydroxylation is 1. The number of aromatic nitrogens is 1. The average molecular weight is 407 g/mol. The molecule has 0 aliphatic heterocycles. The van der Waals surface area contributed by atoms with Crippen molar-refractivity contribution >= 4 is 40.1 Å². The summed E-state index contributed by atoms with van der Waals surface area (Å²) in [5.74, 6) is -1.53. The van der Waals surface area contributed by atoms with Gasteiger partial charge in [-0.05, 0) is 37.7 Å². The number of rotatable bonds is 5. The van der Waals surface area contributed by atoms with Gasteiger partial charge in [-0.1, -0.05) is 12.1 Å². The molecule has 0 saturated carbocycles. The number of hydrogen-bond acceptors (Lipinski definition) is 9. The molecule has 0 fully saturated rings. The molecule has 0 spiro atoms. The van der Waals surface area contributed by atoms with E-state index in [2.05, 4.69) is 17.4 Å². The van der Waals surface area contributed by atoms with Crippen molar-refractivity contribution in [3.63, 3.8) is 0 Å². The van der Waals surface area contributed by atoms with Crippen molar-refractivity contribution in [3.05, 3.63) is 27.3 Å². The highest BCUT2D eigenvalue weighted by atomic mass is 32.1. The van der Waals surface area contributed by atoms with Crippen molar-refractivity contribution in [1.82, 2.24) is 5.16 Å². The molecule has 1 aliphatic carbocycles. The highest BCUT2D eigenvalue weighted by molar-refractivity contribution is 7.17. The van der Waals surface area contributed by atoms with Crippen molar-refractivity contribution in [3.8, 4) is 0 Å². The maximum absolute atomic E-state index is 12.3. The molecule has 0 bridgehead atoms. The van der Waals surface area contributed by atoms with Crippen molar-refractivity contribution < 1.29 is 28.4 Å². The number of methoxy groups -OCH3 is 1. The van der Waals surface area contributed by atoms with E-state index in [1.807, 2.05) is 0 Å². The summed E-state index contributed by atoms with van der Waals surface area (Å²) < 4.78 is 14.6. The van der Waals surface area contributed by atoms with E-state index in [0.717, 1.165) is 29.7 Å². The Balaban J connectivity index is 1.72. The minimum atomic E-state index is -0.807. The lowest BCUT2D eigenvalue weighted by atomic mass is 9.88. The summed E-state index contributed by atoms with van der Waals surface area (Å²) in [5, 5.41) is 6.63. The Kier molecular flexibility index (Phi) is 5.68. The lowest BCUT2D eigenvalue weighted by Crippen LogP contribution is -2.22. The van der Waals surface area contributed by atoms with Crippen molar-refractivity contribution in [1.29, 1.82) is 0 Å². The van der Waals surface area contributed by atoms with E-state index in [4.69, 9.17) is 19.7 Å². The molecule has 2 heterocycles. The number of nitrogen functional groups attached to an aromatic ring is 1. The van der Waals surface area contributed by atoms with Gasteiger partial charge in [-0.25, -0.2) is 9.59 Å². The number of thiophene rings is 1. The van der Waals surface area contributed by atoms with Crippen molar-refractivity contribution in [2.24, 2.45) is 5.92 Å². The van der Waals surface area contributed by atoms with Crippen LogP contribution in [0.25, 0.3) is 0 Å². The number of ether oxygens (including phenoxy) is 2. The van der Waals surface area contributed by atoms with Gasteiger partial charge in [0.15, 0.2) is 6.61 Å². The number of anilines is 2. The van der Waals surface area contributed by atoms with Gasteiger partial charge in [-0.3, -0.25) is 4.79 Å². The first-order valence-corrected chi connectivity index (χ1v) is 9.55. The third kappa shape index (κ3) is 3.86. The zero-order valence-corrected chi connectivity index (χ0v) is 16.6. The first kappa shape index (κ1) is 19.9. The number of carbonyl (C=O) groups excluding carboxylic acids is 3. The summed E-state index contributed by atoms with van der Waals surface area (Å²) >= 11 is 1.36. The normalized spacial score (nSPS) is 15.6. The van der Waals surface area contributed by atoms with Crippen LogP contribution in [-0.4, -0.2) is 36.7 Å². The molecule has 2 aromatic rings. The molecule has 10 heteroatoms. The third-order valence-electron chi connectivity index (χ3n) is 4.58. The highest BCUT2D eigenvalue weighted by Crippen LogP contribution is 2.40. The molecule has 1 amide bonds. The molecule has 150 valence electrons. The largest absolute Gasteiger partial charge is 0.465 e. The number of amides is 1. The molecule has 1 aliphatic rings. The van der Waals surface area contributed by atoms with E-state index >= 15 is 0 Å². The van der Waals surface area contributed by atoms with Crippen molar-refractivity contribution in [2.75, 3.05) is 24.8 Å². The van der Waals surface area contributed by atoms with Crippen LogP contribution >= 0.6 is 11.3 Å². The molecule has 1 atom stereocenters. The van der Waals surface area contributed by atoms with Crippen LogP contribution in [0.4, 0.5) is 10.9 Å². The van der Waals surface area contributed by atoms with Gasteiger partial charge >= 0.3 is 11.9 Å². The number of carbonyl (C=O) groups is 3. The van der Waals surface area contributed by atoms with E-state index in [0.29, 0.717) is 16.5 Å². The first-order chi connectivity index (χ1) is 13.3. The summed E-state index contributed by atoms with van der Waals surface area (Å²) in [6.45, 7) is 3.15. The summed E-state index contributed by atoms with van der Waals surface area (Å²) in [4.78, 5) is 37.7. The minimum absolute atomic E-state index is 0.0105. The van der Waals surface area contributed by atoms with Gasteiger partial charge in [0.25, 0.3) is 5.91 Å². The maximum atomic E-state index is 12.3. The zero-order chi connectivity index (χ0) is 20.4. The Morgan fingerprint density at radius 3 is 2.71 bits per heavy atom. The molecular formula is C18H21N3O6S. The summed E-state index contributed by atoms with van der Waals surface area (Å²) in [5.41, 5.74) is 7.10. The third-order valence-corrected chi connectivity index (χ3v) is 5.75. The lowest BCUT2D eigenvalue weighted by molar-refractivity contribution is -0.119. The Morgan fingerprint density at radius 2 is 2.07 bits per heavy atom. The highest BCUT2D eigenvalue weighted by Gasteiger charge is 2.29. The van der Waals surface area contributed by atoms with Crippen LogP contribution in [-0.2, 0) is 27.1 Å². The van der Waals surface area contributed by atoms with Crippen LogP contribution in [0.1, 0.15) is 50.2 Å². The van der Waals surface area contributed by atoms with Crippen LogP contribution < -0.4 is 11.1 Å². The molecule has 0 saturated heterocycles. The smallest absolute Gasteiger partial charge is 0.346 e. The molecule has 0 radical (unpaired) electrons. The van der Waals surface area contributed by atoms with E-state index in [9.17, 15) is 14.4 Å². The van der Waals surface area contributed by atoms with E-state index < -0.39 is 24.5 Å². The zero-order valence-electron chi connectivity index (χ0n) is 15.8. The molecule has 2 aromatic heterocycles. The lowest BCUT2D eigenvalue weighted by Gasteiger charge is -2.18. The average Bonchev–Trinajstić information content (AvgIpc) is 3.17. The second kappa shape index (κ2) is 8.01. The van der Waals surface area contributed by atoms with Gasteiger partial charge in [0.2, 0.25) is 5.88 Å². The molecule has 3 N–H and O–H groups in total. The van der Waals surface area contributed by atoms with Gasteiger partial charge in [0.1, 0.15) is 10.6 Å². The van der Waals surface area contributed by atoms with Gasteiger partial charge < -0.3 is 25.0 Å². The fourth-order valence-corrected chi connectivity index (χ4v) is 4.57. The van der Waals surface area contributed by atoms with Crippen molar-refractivity contribution in [2.45, 2.75) is 33.1 Å². The second-order valence-electron chi connectivity index (χ2n) is 6.68. The standard InChI is InChI=1S/C18H21N3O6S/c1-8-4-5-10-11(6-8)28-16(14(10)17(23)25-3)20-12(22)7-26-18(24)13-9(2)21-27-15(13)19/h8H,4-7,19H2,1-3H3,(H,20,22). The molecule has 0 aromatic carbocycles. The number of esters is 2. The molecular weight excluding hydrogens is 386 g/mol. The SMILES string of the molecule is COC(=O)c1c(NC(=O)COC(=O)c2c(C)noc2N)sc2c1CCC(C)C2. The number of fused-ring (bicyclic) bond motifs is 1. The first-order valence-electron chi connectivity index (χ1n) is 8.73. The van der Waals surface area contributed by atoms with Crippen LogP contribution in [0.5, 0.6) is 0 Å². The summed E-state index contributed by atoms with van der Waals surface area (Å²) in [6, 6.07) is 0. The predicted molar refractivity (Wildman–Crippen MR) is 101 cm³/mol. The summed E-state index contributed by atoms with van der Waals surface area (Å²) in [7, 11) is 1.30.